The van der Waals surface area contributed by atoms with E-state index >= 15 is 0 Å². The molecule has 5 nitrogen and oxygen atoms in total. The third-order valence-corrected chi connectivity index (χ3v) is 2.80. The molecule has 0 spiro atoms. The first kappa shape index (κ1) is 13.7. The first-order valence-electron chi connectivity index (χ1n) is 5.95. The number of anilines is 1. The van der Waals surface area contributed by atoms with Gasteiger partial charge in [-0.15, -0.1) is 0 Å². The molecule has 0 aliphatic heterocycles. The maximum absolute atomic E-state index is 5.86. The Hall–Kier alpha value is -1.36. The summed E-state index contributed by atoms with van der Waals surface area (Å²) in [5, 5.41) is 0. The minimum Gasteiger partial charge on any atom is -0.474 e. The van der Waals surface area contributed by atoms with Crippen molar-refractivity contribution in [2.24, 2.45) is 11.8 Å². The number of rotatable bonds is 5. The van der Waals surface area contributed by atoms with Gasteiger partial charge in [-0.1, -0.05) is 27.7 Å². The molecular formula is C12H22N4O. The number of hydrazine groups is 1. The summed E-state index contributed by atoms with van der Waals surface area (Å²) in [6, 6.07) is 0. The van der Waals surface area contributed by atoms with Crippen molar-refractivity contribution in [1.29, 1.82) is 0 Å². The highest BCUT2D eigenvalue weighted by Gasteiger charge is 2.18. The number of ether oxygens (including phenoxy) is 1. The summed E-state index contributed by atoms with van der Waals surface area (Å²) >= 11 is 0. The number of nitrogens with zero attached hydrogens (tertiary/aromatic N) is 2. The smallest absolute Gasteiger partial charge is 0.222 e. The molecular weight excluding hydrogens is 216 g/mol. The average Bonchev–Trinajstić information content (AvgIpc) is 2.27. The monoisotopic (exact) mass is 238 g/mol. The first-order valence-corrected chi connectivity index (χ1v) is 5.95. The Bertz CT molecular complexity index is 366. The normalized spacial score (nSPS) is 12.9. The Kier molecular flexibility index (Phi) is 4.69. The van der Waals surface area contributed by atoms with Crippen molar-refractivity contribution >= 4 is 5.82 Å². The maximum Gasteiger partial charge on any atom is 0.222 e. The predicted molar refractivity (Wildman–Crippen MR) is 68.9 cm³/mol. The molecule has 0 fully saturated rings. The van der Waals surface area contributed by atoms with Gasteiger partial charge in [0.05, 0.1) is 11.7 Å². The van der Waals surface area contributed by atoms with Gasteiger partial charge in [0, 0.05) is 0 Å². The van der Waals surface area contributed by atoms with Crippen LogP contribution in [-0.2, 0) is 0 Å². The standard InChI is InChI=1S/C12H22N4O/c1-7(2)9(5)17-12-10(8(3)4)11(16-13)14-6-15-12/h6-9H,13H2,1-5H3,(H,14,15,16). The highest BCUT2D eigenvalue weighted by atomic mass is 16.5. The molecule has 3 N–H and O–H groups in total. The van der Waals surface area contributed by atoms with Crippen molar-refractivity contribution in [2.75, 3.05) is 5.43 Å². The molecule has 17 heavy (non-hydrogen) atoms. The molecule has 0 radical (unpaired) electrons. The fraction of sp³-hybridized carbons (Fsp3) is 0.667. The topological polar surface area (TPSA) is 73.1 Å². The summed E-state index contributed by atoms with van der Waals surface area (Å²) in [6.07, 6.45) is 1.57. The maximum atomic E-state index is 5.86. The SMILES string of the molecule is CC(C)c1c(NN)ncnc1OC(C)C(C)C. The van der Waals surface area contributed by atoms with Crippen LogP contribution in [0.4, 0.5) is 5.82 Å². The fourth-order valence-electron chi connectivity index (χ4n) is 1.42. The molecule has 1 heterocycles. The zero-order valence-corrected chi connectivity index (χ0v) is 11.2. The zero-order valence-electron chi connectivity index (χ0n) is 11.2. The van der Waals surface area contributed by atoms with E-state index in [2.05, 4.69) is 43.1 Å². The van der Waals surface area contributed by atoms with E-state index in [1.54, 1.807) is 0 Å². The van der Waals surface area contributed by atoms with Crippen LogP contribution in [0.25, 0.3) is 0 Å². The van der Waals surface area contributed by atoms with Gasteiger partial charge in [-0.05, 0) is 18.8 Å². The van der Waals surface area contributed by atoms with E-state index in [0.717, 1.165) is 5.56 Å². The summed E-state index contributed by atoms with van der Waals surface area (Å²) in [7, 11) is 0. The lowest BCUT2D eigenvalue weighted by Gasteiger charge is -2.21. The molecule has 0 amide bonds. The molecule has 1 atom stereocenters. The van der Waals surface area contributed by atoms with E-state index in [1.165, 1.54) is 6.33 Å². The van der Waals surface area contributed by atoms with Gasteiger partial charge in [-0.3, -0.25) is 0 Å². The van der Waals surface area contributed by atoms with Gasteiger partial charge in [0.1, 0.15) is 6.33 Å². The van der Waals surface area contributed by atoms with Crippen LogP contribution in [0.2, 0.25) is 0 Å². The van der Waals surface area contributed by atoms with Gasteiger partial charge >= 0.3 is 0 Å². The lowest BCUT2D eigenvalue weighted by atomic mass is 10.0. The Morgan fingerprint density at radius 1 is 1.18 bits per heavy atom. The molecule has 0 aromatic carbocycles. The number of hydrogen-bond donors (Lipinski definition) is 2. The number of aromatic nitrogens is 2. The van der Waals surface area contributed by atoms with Crippen LogP contribution in [0, 0.1) is 5.92 Å². The predicted octanol–water partition coefficient (Wildman–Crippen LogP) is 2.31. The van der Waals surface area contributed by atoms with E-state index in [9.17, 15) is 0 Å². The molecule has 1 aromatic heterocycles. The fourth-order valence-corrected chi connectivity index (χ4v) is 1.42. The van der Waals surface area contributed by atoms with Crippen molar-refractivity contribution in [2.45, 2.75) is 46.6 Å². The molecule has 0 saturated carbocycles. The van der Waals surface area contributed by atoms with Crippen LogP contribution in [-0.4, -0.2) is 16.1 Å². The van der Waals surface area contributed by atoms with Crippen LogP contribution in [0.15, 0.2) is 6.33 Å². The second kappa shape index (κ2) is 5.82. The van der Waals surface area contributed by atoms with Crippen LogP contribution in [0.5, 0.6) is 5.88 Å². The second-order valence-electron chi connectivity index (χ2n) is 4.81. The summed E-state index contributed by atoms with van der Waals surface area (Å²) in [5.41, 5.74) is 3.51. The molecule has 0 aliphatic rings. The van der Waals surface area contributed by atoms with Crippen molar-refractivity contribution < 1.29 is 4.74 Å². The van der Waals surface area contributed by atoms with Crippen molar-refractivity contribution in [3.8, 4) is 5.88 Å². The molecule has 5 heteroatoms. The molecule has 1 unspecified atom stereocenters. The number of nitrogen functional groups attached to an aromatic ring is 1. The van der Waals surface area contributed by atoms with Crippen LogP contribution in [0.1, 0.15) is 46.1 Å². The number of nitrogens with two attached hydrogens (primary N) is 1. The summed E-state index contributed by atoms with van der Waals surface area (Å²) in [5.74, 6) is 7.37. The Labute approximate surface area is 103 Å². The third kappa shape index (κ3) is 3.30. The minimum atomic E-state index is 0.105. The molecule has 0 aliphatic carbocycles. The Balaban J connectivity index is 3.06. The Morgan fingerprint density at radius 2 is 1.82 bits per heavy atom. The molecule has 0 saturated heterocycles. The molecule has 0 bridgehead atoms. The summed E-state index contributed by atoms with van der Waals surface area (Å²) in [4.78, 5) is 8.31. The number of hydrogen-bond acceptors (Lipinski definition) is 5. The summed E-state index contributed by atoms with van der Waals surface area (Å²) < 4.78 is 5.86. The lowest BCUT2D eigenvalue weighted by Crippen LogP contribution is -2.21. The van der Waals surface area contributed by atoms with Crippen LogP contribution in [0.3, 0.4) is 0 Å². The summed E-state index contributed by atoms with van der Waals surface area (Å²) in [6.45, 7) is 10.4. The van der Waals surface area contributed by atoms with E-state index < -0.39 is 0 Å². The van der Waals surface area contributed by atoms with Gasteiger partial charge in [-0.25, -0.2) is 15.8 Å². The third-order valence-electron chi connectivity index (χ3n) is 2.80. The lowest BCUT2D eigenvalue weighted by molar-refractivity contribution is 0.161. The van der Waals surface area contributed by atoms with Gasteiger partial charge < -0.3 is 10.2 Å². The van der Waals surface area contributed by atoms with E-state index in [-0.39, 0.29) is 12.0 Å². The molecule has 1 rings (SSSR count). The first-order chi connectivity index (χ1) is 7.97. The molecule has 96 valence electrons. The van der Waals surface area contributed by atoms with Crippen LogP contribution < -0.4 is 16.0 Å². The van der Waals surface area contributed by atoms with Gasteiger partial charge in [0.2, 0.25) is 5.88 Å². The second-order valence-corrected chi connectivity index (χ2v) is 4.81. The highest BCUT2D eigenvalue weighted by Crippen LogP contribution is 2.30. The van der Waals surface area contributed by atoms with E-state index in [4.69, 9.17) is 10.6 Å². The number of nitrogens with one attached hydrogen (secondary N) is 1. The largest absolute Gasteiger partial charge is 0.474 e. The van der Waals surface area contributed by atoms with Gasteiger partial charge in [-0.2, -0.15) is 0 Å². The van der Waals surface area contributed by atoms with Crippen LogP contribution >= 0.6 is 0 Å². The minimum absolute atomic E-state index is 0.105. The van der Waals surface area contributed by atoms with Crippen molar-refractivity contribution in [3.63, 3.8) is 0 Å². The highest BCUT2D eigenvalue weighted by molar-refractivity contribution is 5.49. The van der Waals surface area contributed by atoms with E-state index in [1.807, 2.05) is 6.92 Å². The zero-order chi connectivity index (χ0) is 13.0. The Morgan fingerprint density at radius 3 is 2.29 bits per heavy atom. The average molecular weight is 238 g/mol. The van der Waals surface area contributed by atoms with Gasteiger partial charge in [0.15, 0.2) is 5.82 Å². The van der Waals surface area contributed by atoms with Crippen molar-refractivity contribution in [3.05, 3.63) is 11.9 Å². The molecule has 1 aromatic rings. The van der Waals surface area contributed by atoms with E-state index in [0.29, 0.717) is 17.6 Å². The quantitative estimate of drug-likeness (QED) is 0.608. The van der Waals surface area contributed by atoms with Crippen molar-refractivity contribution in [1.82, 2.24) is 9.97 Å². The van der Waals surface area contributed by atoms with Gasteiger partial charge in [0.25, 0.3) is 0 Å².